The van der Waals surface area contributed by atoms with Gasteiger partial charge in [0.15, 0.2) is 0 Å². The van der Waals surface area contributed by atoms with Gasteiger partial charge in [-0.15, -0.1) is 10.2 Å². The molecule has 1 aromatic heterocycles. The first-order chi connectivity index (χ1) is 12.5. The highest BCUT2D eigenvalue weighted by molar-refractivity contribution is 5.95. The molecule has 0 unspecified atom stereocenters. The summed E-state index contributed by atoms with van der Waals surface area (Å²) in [5.74, 6) is 2.98. The van der Waals surface area contributed by atoms with Crippen molar-refractivity contribution in [2.24, 2.45) is 0 Å². The van der Waals surface area contributed by atoms with E-state index >= 15 is 0 Å². The number of carbonyl (C=O) groups excluding carboxylic acids is 1. The summed E-state index contributed by atoms with van der Waals surface area (Å²) in [4.78, 5) is 14.7. The first-order valence-corrected chi connectivity index (χ1v) is 8.87. The zero-order valence-electron chi connectivity index (χ0n) is 15.7. The number of ether oxygens (including phenoxy) is 2. The molecule has 0 radical (unpaired) electrons. The number of rotatable bonds is 5. The molecular weight excluding hydrogens is 334 g/mol. The third kappa shape index (κ3) is 3.81. The molecule has 0 saturated carbocycles. The van der Waals surface area contributed by atoms with Gasteiger partial charge in [0.25, 0.3) is 5.91 Å². The number of amides is 1. The molecule has 0 spiro atoms. The van der Waals surface area contributed by atoms with Gasteiger partial charge < -0.3 is 18.8 Å². The van der Waals surface area contributed by atoms with E-state index in [1.165, 1.54) is 0 Å². The van der Waals surface area contributed by atoms with E-state index in [4.69, 9.17) is 13.9 Å². The van der Waals surface area contributed by atoms with Crippen molar-refractivity contribution in [2.75, 3.05) is 27.3 Å². The van der Waals surface area contributed by atoms with Gasteiger partial charge in [0.2, 0.25) is 11.8 Å². The molecule has 7 heteroatoms. The van der Waals surface area contributed by atoms with E-state index in [9.17, 15) is 4.79 Å². The maximum atomic E-state index is 12.8. The van der Waals surface area contributed by atoms with Gasteiger partial charge >= 0.3 is 0 Å². The number of likely N-dealkylation sites (tertiary alicyclic amines) is 1. The largest absolute Gasteiger partial charge is 0.497 e. The Labute approximate surface area is 153 Å². The minimum absolute atomic E-state index is 0.0194. The SMILES string of the molecule is COc1cc(OC)cc(C(=O)N2CCC(c3nnc(C(C)C)o3)CC2)c1. The van der Waals surface area contributed by atoms with Crippen LogP contribution in [0.5, 0.6) is 11.5 Å². The Kier molecular flexibility index (Phi) is 5.44. The topological polar surface area (TPSA) is 77.7 Å². The van der Waals surface area contributed by atoms with E-state index < -0.39 is 0 Å². The van der Waals surface area contributed by atoms with Crippen molar-refractivity contribution in [3.05, 3.63) is 35.5 Å². The van der Waals surface area contributed by atoms with Gasteiger partial charge in [-0.1, -0.05) is 13.8 Å². The summed E-state index contributed by atoms with van der Waals surface area (Å²) in [5.41, 5.74) is 0.569. The van der Waals surface area contributed by atoms with Crippen molar-refractivity contribution in [3.63, 3.8) is 0 Å². The van der Waals surface area contributed by atoms with Gasteiger partial charge in [-0.25, -0.2) is 0 Å². The molecule has 0 N–H and O–H groups in total. The van der Waals surface area contributed by atoms with Crippen LogP contribution in [0, 0.1) is 0 Å². The lowest BCUT2D eigenvalue weighted by Crippen LogP contribution is -2.38. The van der Waals surface area contributed by atoms with Crippen LogP contribution in [-0.2, 0) is 0 Å². The molecule has 0 bridgehead atoms. The highest BCUT2D eigenvalue weighted by Gasteiger charge is 2.28. The Balaban J connectivity index is 1.66. The van der Waals surface area contributed by atoms with Crippen molar-refractivity contribution < 1.29 is 18.7 Å². The van der Waals surface area contributed by atoms with Crippen LogP contribution in [0.2, 0.25) is 0 Å². The molecule has 7 nitrogen and oxygen atoms in total. The van der Waals surface area contributed by atoms with Crippen molar-refractivity contribution in [2.45, 2.75) is 38.5 Å². The average molecular weight is 359 g/mol. The van der Waals surface area contributed by atoms with Crippen LogP contribution in [0.3, 0.4) is 0 Å². The van der Waals surface area contributed by atoms with E-state index in [2.05, 4.69) is 10.2 Å². The predicted octanol–water partition coefficient (Wildman–Crippen LogP) is 3.23. The summed E-state index contributed by atoms with van der Waals surface area (Å²) in [6.07, 6.45) is 1.62. The highest BCUT2D eigenvalue weighted by atomic mass is 16.5. The number of methoxy groups -OCH3 is 2. The van der Waals surface area contributed by atoms with Gasteiger partial charge in [-0.05, 0) is 25.0 Å². The van der Waals surface area contributed by atoms with Crippen molar-refractivity contribution in [3.8, 4) is 11.5 Å². The second-order valence-corrected chi connectivity index (χ2v) is 6.80. The smallest absolute Gasteiger partial charge is 0.254 e. The maximum absolute atomic E-state index is 12.8. The van der Waals surface area contributed by atoms with E-state index in [0.717, 1.165) is 12.8 Å². The minimum atomic E-state index is -0.0194. The third-order valence-corrected chi connectivity index (χ3v) is 4.68. The predicted molar refractivity (Wildman–Crippen MR) is 95.8 cm³/mol. The number of benzene rings is 1. The summed E-state index contributed by atoms with van der Waals surface area (Å²) in [6.45, 7) is 5.37. The number of aromatic nitrogens is 2. The molecular formula is C19H25N3O4. The zero-order valence-corrected chi connectivity index (χ0v) is 15.7. The molecule has 0 aliphatic carbocycles. The number of carbonyl (C=O) groups is 1. The lowest BCUT2D eigenvalue weighted by molar-refractivity contribution is 0.0705. The Hall–Kier alpha value is -2.57. The second kappa shape index (κ2) is 7.76. The van der Waals surface area contributed by atoms with Gasteiger partial charge in [0.05, 0.1) is 14.2 Å². The molecule has 1 aromatic carbocycles. The third-order valence-electron chi connectivity index (χ3n) is 4.68. The minimum Gasteiger partial charge on any atom is -0.497 e. The van der Waals surface area contributed by atoms with Crippen LogP contribution in [0.1, 0.15) is 60.7 Å². The Morgan fingerprint density at radius 2 is 1.73 bits per heavy atom. The molecule has 1 aliphatic heterocycles. The van der Waals surface area contributed by atoms with Crippen LogP contribution in [-0.4, -0.2) is 48.3 Å². The number of hydrogen-bond acceptors (Lipinski definition) is 6. The quantitative estimate of drug-likeness (QED) is 0.816. The summed E-state index contributed by atoms with van der Waals surface area (Å²) in [7, 11) is 3.15. The van der Waals surface area contributed by atoms with Crippen LogP contribution in [0.25, 0.3) is 0 Å². The lowest BCUT2D eigenvalue weighted by atomic mass is 9.96. The zero-order chi connectivity index (χ0) is 18.7. The molecule has 0 atom stereocenters. The molecule has 3 rings (SSSR count). The van der Waals surface area contributed by atoms with Crippen molar-refractivity contribution in [1.82, 2.24) is 15.1 Å². The van der Waals surface area contributed by atoms with E-state index in [-0.39, 0.29) is 17.7 Å². The van der Waals surface area contributed by atoms with Crippen molar-refractivity contribution >= 4 is 5.91 Å². The highest BCUT2D eigenvalue weighted by Crippen LogP contribution is 2.30. The molecule has 1 fully saturated rings. The Morgan fingerprint density at radius 3 is 2.23 bits per heavy atom. The van der Waals surface area contributed by atoms with Crippen LogP contribution < -0.4 is 9.47 Å². The maximum Gasteiger partial charge on any atom is 0.254 e. The monoisotopic (exact) mass is 359 g/mol. The molecule has 2 heterocycles. The Bertz CT molecular complexity index is 742. The summed E-state index contributed by atoms with van der Waals surface area (Å²) in [5, 5.41) is 8.29. The van der Waals surface area contributed by atoms with Gasteiger partial charge in [-0.2, -0.15) is 0 Å². The molecule has 1 aliphatic rings. The molecule has 140 valence electrons. The fraction of sp³-hybridized carbons (Fsp3) is 0.526. The van der Waals surface area contributed by atoms with Crippen molar-refractivity contribution in [1.29, 1.82) is 0 Å². The van der Waals surface area contributed by atoms with E-state index in [1.54, 1.807) is 32.4 Å². The van der Waals surface area contributed by atoms with Crippen LogP contribution >= 0.6 is 0 Å². The molecule has 26 heavy (non-hydrogen) atoms. The average Bonchev–Trinajstić information content (AvgIpc) is 3.17. The van der Waals surface area contributed by atoms with Gasteiger partial charge in [-0.3, -0.25) is 4.79 Å². The molecule has 2 aromatic rings. The Morgan fingerprint density at radius 1 is 1.12 bits per heavy atom. The normalized spacial score (nSPS) is 15.3. The first-order valence-electron chi connectivity index (χ1n) is 8.87. The number of nitrogens with zero attached hydrogens (tertiary/aromatic N) is 3. The molecule has 1 saturated heterocycles. The van der Waals surface area contributed by atoms with Gasteiger partial charge in [0.1, 0.15) is 11.5 Å². The standard InChI is InChI=1S/C19H25N3O4/c1-12(2)17-20-21-18(26-17)13-5-7-22(8-6-13)19(23)14-9-15(24-3)11-16(10-14)25-4/h9-13H,5-8H2,1-4H3. The lowest BCUT2D eigenvalue weighted by Gasteiger charge is -2.30. The molecule has 1 amide bonds. The summed E-state index contributed by atoms with van der Waals surface area (Å²) < 4.78 is 16.3. The van der Waals surface area contributed by atoms with Crippen LogP contribution in [0.15, 0.2) is 22.6 Å². The summed E-state index contributed by atoms with van der Waals surface area (Å²) in [6, 6.07) is 5.23. The fourth-order valence-electron chi connectivity index (χ4n) is 3.09. The van der Waals surface area contributed by atoms with Gasteiger partial charge in [0, 0.05) is 36.6 Å². The van der Waals surface area contributed by atoms with Crippen LogP contribution in [0.4, 0.5) is 0 Å². The van der Waals surface area contributed by atoms with E-state index in [1.807, 2.05) is 18.7 Å². The van der Waals surface area contributed by atoms with E-state index in [0.29, 0.717) is 41.9 Å². The number of hydrogen-bond donors (Lipinski definition) is 0. The first kappa shape index (κ1) is 18.2. The second-order valence-electron chi connectivity index (χ2n) is 6.80. The summed E-state index contributed by atoms with van der Waals surface area (Å²) >= 11 is 0. The fourth-order valence-corrected chi connectivity index (χ4v) is 3.09. The number of piperidine rings is 1.